The molecule has 0 saturated heterocycles. The van der Waals surface area contributed by atoms with E-state index in [0.29, 0.717) is 0 Å². The first-order valence-corrected chi connectivity index (χ1v) is 17.0. The van der Waals surface area contributed by atoms with Crippen molar-refractivity contribution in [2.45, 2.75) is 102 Å². The van der Waals surface area contributed by atoms with Crippen LogP contribution in [0.25, 0.3) is 0 Å². The molecule has 1 aromatic carbocycles. The van der Waals surface area contributed by atoms with E-state index < -0.39 is 34.5 Å². The minimum Gasteiger partial charge on any atom is -0.491 e. The summed E-state index contributed by atoms with van der Waals surface area (Å²) in [5, 5.41) is 2.28. The van der Waals surface area contributed by atoms with Crippen LogP contribution in [-0.4, -0.2) is 51.6 Å². The zero-order valence-corrected chi connectivity index (χ0v) is 26.8. The summed E-state index contributed by atoms with van der Waals surface area (Å²) in [7, 11) is -2.84. The highest BCUT2D eigenvalue weighted by atomic mass is 32.2. The van der Waals surface area contributed by atoms with Crippen molar-refractivity contribution < 1.29 is 37.0 Å². The Hall–Kier alpha value is -3.67. The van der Waals surface area contributed by atoms with Crippen molar-refractivity contribution in [3.8, 4) is 11.6 Å². The Kier molecular flexibility index (Phi) is 17.5. The van der Waals surface area contributed by atoms with Gasteiger partial charge in [-0.15, -0.1) is 0 Å². The number of sulfonamides is 1. The van der Waals surface area contributed by atoms with Crippen LogP contribution in [0.5, 0.6) is 11.6 Å². The van der Waals surface area contributed by atoms with Gasteiger partial charge in [0.05, 0.1) is 24.2 Å². The summed E-state index contributed by atoms with van der Waals surface area (Å²) in [6.45, 7) is 2.14. The van der Waals surface area contributed by atoms with Gasteiger partial charge in [-0.1, -0.05) is 109 Å². The molecule has 244 valence electrons. The monoisotopic (exact) mass is 633 g/mol. The molecule has 2 amide bonds. The van der Waals surface area contributed by atoms with Crippen molar-refractivity contribution in [3.05, 3.63) is 48.2 Å². The van der Waals surface area contributed by atoms with Gasteiger partial charge < -0.3 is 19.5 Å². The fourth-order valence-electron chi connectivity index (χ4n) is 4.42. The average molecular weight is 634 g/mol. The molecule has 0 radical (unpaired) electrons. The predicted octanol–water partition coefficient (Wildman–Crippen LogP) is 6.32. The number of pyridine rings is 1. The number of rotatable bonds is 22. The SMILES string of the molecule is CCCCCCCCCCCCCCCCOC(=O)CNC(=O)Oc1ncc(C(=O)NS(=O)(=O)c2ccccc2)cc1OC. The van der Waals surface area contributed by atoms with E-state index in [1.807, 2.05) is 4.72 Å². The molecule has 44 heavy (non-hydrogen) atoms. The Balaban J connectivity index is 1.59. The normalized spacial score (nSPS) is 11.0. The maximum absolute atomic E-state index is 12.5. The number of methoxy groups -OCH3 is 1. The van der Waals surface area contributed by atoms with Crippen LogP contribution in [-0.2, 0) is 19.6 Å². The quantitative estimate of drug-likeness (QED) is 0.112. The molecular formula is C32H47N3O8S. The number of nitrogens with one attached hydrogen (secondary N) is 2. The van der Waals surface area contributed by atoms with Gasteiger partial charge in [-0.3, -0.25) is 9.59 Å². The second-order valence-corrected chi connectivity index (χ2v) is 12.2. The molecule has 0 aliphatic heterocycles. The average Bonchev–Trinajstić information content (AvgIpc) is 3.02. The first-order valence-electron chi connectivity index (χ1n) is 15.5. The number of carbonyl (C=O) groups excluding carboxylic acids is 3. The summed E-state index contributed by atoms with van der Waals surface area (Å²) >= 11 is 0. The van der Waals surface area contributed by atoms with Gasteiger partial charge in [0.2, 0.25) is 0 Å². The van der Waals surface area contributed by atoms with Crippen LogP contribution >= 0.6 is 0 Å². The van der Waals surface area contributed by atoms with Crippen molar-refractivity contribution in [1.29, 1.82) is 0 Å². The number of hydrogen-bond acceptors (Lipinski definition) is 9. The highest BCUT2D eigenvalue weighted by Crippen LogP contribution is 2.25. The van der Waals surface area contributed by atoms with Gasteiger partial charge in [0.15, 0.2) is 5.75 Å². The first-order chi connectivity index (χ1) is 21.3. The lowest BCUT2D eigenvalue weighted by Gasteiger charge is -2.11. The lowest BCUT2D eigenvalue weighted by molar-refractivity contribution is -0.142. The van der Waals surface area contributed by atoms with E-state index in [0.717, 1.165) is 25.5 Å². The smallest absolute Gasteiger partial charge is 0.414 e. The molecule has 0 saturated carbocycles. The van der Waals surface area contributed by atoms with Gasteiger partial charge in [-0.05, 0) is 18.6 Å². The second kappa shape index (κ2) is 21.1. The van der Waals surface area contributed by atoms with Crippen LogP contribution < -0.4 is 19.5 Å². The van der Waals surface area contributed by atoms with Gasteiger partial charge in [-0.25, -0.2) is 22.9 Å². The van der Waals surface area contributed by atoms with Gasteiger partial charge >= 0.3 is 12.1 Å². The van der Waals surface area contributed by atoms with Crippen molar-refractivity contribution in [3.63, 3.8) is 0 Å². The molecule has 11 nitrogen and oxygen atoms in total. The highest BCUT2D eigenvalue weighted by molar-refractivity contribution is 7.90. The van der Waals surface area contributed by atoms with Crippen LogP contribution in [0.1, 0.15) is 107 Å². The van der Waals surface area contributed by atoms with E-state index >= 15 is 0 Å². The Bertz CT molecular complexity index is 1260. The Morgan fingerprint density at radius 3 is 1.95 bits per heavy atom. The number of amides is 2. The Morgan fingerprint density at radius 1 is 0.818 bits per heavy atom. The molecule has 0 aliphatic carbocycles. The number of aromatic nitrogens is 1. The van der Waals surface area contributed by atoms with E-state index in [1.165, 1.54) is 108 Å². The van der Waals surface area contributed by atoms with Crippen LogP contribution in [0, 0.1) is 0 Å². The molecule has 2 N–H and O–H groups in total. The maximum atomic E-state index is 12.5. The van der Waals surface area contributed by atoms with Crippen LogP contribution in [0.3, 0.4) is 0 Å². The van der Waals surface area contributed by atoms with E-state index in [2.05, 4.69) is 17.2 Å². The first kappa shape index (κ1) is 36.5. The molecule has 1 heterocycles. The lowest BCUT2D eigenvalue weighted by atomic mass is 10.0. The number of carbonyl (C=O) groups is 3. The maximum Gasteiger partial charge on any atom is 0.414 e. The molecule has 0 unspecified atom stereocenters. The van der Waals surface area contributed by atoms with Crippen molar-refractivity contribution in [2.75, 3.05) is 20.3 Å². The number of nitrogens with zero attached hydrogens (tertiary/aromatic N) is 1. The summed E-state index contributed by atoms with van der Waals surface area (Å²) in [6, 6.07) is 8.58. The third-order valence-corrected chi connectivity index (χ3v) is 8.26. The fraction of sp³-hybridized carbons (Fsp3) is 0.562. The van der Waals surface area contributed by atoms with Crippen molar-refractivity contribution >= 4 is 28.0 Å². The number of benzene rings is 1. The molecule has 0 atom stereocenters. The summed E-state index contributed by atoms with van der Waals surface area (Å²) < 4.78 is 42.1. The van der Waals surface area contributed by atoms with Crippen molar-refractivity contribution in [2.24, 2.45) is 0 Å². The summed E-state index contributed by atoms with van der Waals surface area (Å²) in [5.74, 6) is -1.91. The number of hydrogen-bond donors (Lipinski definition) is 2. The molecule has 1 aromatic heterocycles. The van der Waals surface area contributed by atoms with Gasteiger partial charge in [0, 0.05) is 12.3 Å². The minimum absolute atomic E-state index is 0.0805. The zero-order valence-electron chi connectivity index (χ0n) is 26.0. The second-order valence-electron chi connectivity index (χ2n) is 10.5. The van der Waals surface area contributed by atoms with E-state index in [1.54, 1.807) is 6.07 Å². The summed E-state index contributed by atoms with van der Waals surface area (Å²) in [4.78, 5) is 40.4. The fourth-order valence-corrected chi connectivity index (χ4v) is 5.42. The van der Waals surface area contributed by atoms with Crippen LogP contribution in [0.4, 0.5) is 4.79 Å². The topological polar surface area (TPSA) is 150 Å². The standard InChI is InChI=1S/C32H47N3O8S/c1-3-4-5-6-7-8-9-10-11-12-13-14-15-19-22-42-29(36)25-34-32(38)43-31-28(41-2)23-26(24-33-31)30(37)35-44(39,40)27-20-17-16-18-21-27/h16-18,20-21,23-24H,3-15,19,22,25H2,1-2H3,(H,34,38)(H,35,37). The largest absolute Gasteiger partial charge is 0.491 e. The predicted molar refractivity (Wildman–Crippen MR) is 167 cm³/mol. The lowest BCUT2D eigenvalue weighted by Crippen LogP contribution is -2.33. The van der Waals surface area contributed by atoms with Gasteiger partial charge in [0.25, 0.3) is 21.8 Å². The Labute approximate surface area is 261 Å². The van der Waals surface area contributed by atoms with Crippen molar-refractivity contribution in [1.82, 2.24) is 15.0 Å². The van der Waals surface area contributed by atoms with Crippen LogP contribution in [0.15, 0.2) is 47.5 Å². The molecule has 2 aromatic rings. The van der Waals surface area contributed by atoms with E-state index in [-0.39, 0.29) is 28.7 Å². The summed E-state index contributed by atoms with van der Waals surface area (Å²) in [6.07, 6.45) is 17.4. The van der Waals surface area contributed by atoms with Gasteiger partial charge in [-0.2, -0.15) is 0 Å². The van der Waals surface area contributed by atoms with Crippen LogP contribution in [0.2, 0.25) is 0 Å². The van der Waals surface area contributed by atoms with E-state index in [9.17, 15) is 22.8 Å². The Morgan fingerprint density at radius 2 is 1.39 bits per heavy atom. The molecule has 0 fully saturated rings. The molecular weight excluding hydrogens is 586 g/mol. The summed E-state index contributed by atoms with van der Waals surface area (Å²) in [5.41, 5.74) is -0.138. The molecule has 0 spiro atoms. The third-order valence-electron chi connectivity index (χ3n) is 6.91. The zero-order chi connectivity index (χ0) is 32.0. The van der Waals surface area contributed by atoms with E-state index in [4.69, 9.17) is 14.2 Å². The highest BCUT2D eigenvalue weighted by Gasteiger charge is 2.21. The molecule has 0 bridgehead atoms. The molecule has 12 heteroatoms. The third kappa shape index (κ3) is 14.7. The van der Waals surface area contributed by atoms with Gasteiger partial charge in [0.1, 0.15) is 6.54 Å². The number of esters is 1. The molecule has 0 aliphatic rings. The molecule has 2 rings (SSSR count). The minimum atomic E-state index is -4.10. The number of unbranched alkanes of at least 4 members (excludes halogenated alkanes) is 13. The number of ether oxygens (including phenoxy) is 3.